The molecule has 0 aliphatic heterocycles. The predicted molar refractivity (Wildman–Crippen MR) is 79.4 cm³/mol. The van der Waals surface area contributed by atoms with Crippen molar-refractivity contribution in [3.05, 3.63) is 0 Å². The van der Waals surface area contributed by atoms with E-state index in [4.69, 9.17) is 10.5 Å². The van der Waals surface area contributed by atoms with Crippen LogP contribution < -0.4 is 16.4 Å². The summed E-state index contributed by atoms with van der Waals surface area (Å²) in [6.45, 7) is 7.36. The molecule has 7 heteroatoms. The summed E-state index contributed by atoms with van der Waals surface area (Å²) in [6.07, 6.45) is 1.57. The summed E-state index contributed by atoms with van der Waals surface area (Å²) >= 11 is 0. The summed E-state index contributed by atoms with van der Waals surface area (Å²) in [4.78, 5) is 35.2. The summed E-state index contributed by atoms with van der Waals surface area (Å²) in [5.74, 6) is -0.771. The standard InChI is InChI=1S/C14H27N3O4/c1-6-7-14(4,12(19)21-5)17-11(18)10(8-9(2)3)16-13(15)20/h9-10H,6-8H2,1-5H3,(H,17,18)(H3,15,16,20). The number of esters is 1. The van der Waals surface area contributed by atoms with Gasteiger partial charge < -0.3 is 21.1 Å². The highest BCUT2D eigenvalue weighted by Gasteiger charge is 2.37. The largest absolute Gasteiger partial charge is 0.467 e. The molecule has 2 atom stereocenters. The zero-order chi connectivity index (χ0) is 16.6. The van der Waals surface area contributed by atoms with Gasteiger partial charge in [0.25, 0.3) is 0 Å². The van der Waals surface area contributed by atoms with Gasteiger partial charge in [0.05, 0.1) is 7.11 Å². The molecule has 3 amide bonds. The number of nitrogens with two attached hydrogens (primary N) is 1. The van der Waals surface area contributed by atoms with Gasteiger partial charge >= 0.3 is 12.0 Å². The first-order valence-corrected chi connectivity index (χ1v) is 7.12. The Bertz CT molecular complexity index is 384. The number of carbonyl (C=O) groups excluding carboxylic acids is 3. The molecule has 4 N–H and O–H groups in total. The number of hydrogen-bond donors (Lipinski definition) is 3. The number of nitrogens with one attached hydrogen (secondary N) is 2. The number of primary amides is 1. The number of carbonyl (C=O) groups is 3. The monoisotopic (exact) mass is 301 g/mol. The Kier molecular flexibility index (Phi) is 7.76. The molecule has 0 aliphatic carbocycles. The van der Waals surface area contributed by atoms with Crippen LogP contribution in [0.15, 0.2) is 0 Å². The average Bonchev–Trinajstić information content (AvgIpc) is 2.35. The van der Waals surface area contributed by atoms with Crippen molar-refractivity contribution in [3.8, 4) is 0 Å². The Morgan fingerprint density at radius 2 is 1.86 bits per heavy atom. The van der Waals surface area contributed by atoms with Gasteiger partial charge in [-0.25, -0.2) is 9.59 Å². The van der Waals surface area contributed by atoms with Crippen molar-refractivity contribution in [2.24, 2.45) is 11.7 Å². The Labute approximate surface area is 126 Å². The van der Waals surface area contributed by atoms with Crippen molar-refractivity contribution in [3.63, 3.8) is 0 Å². The van der Waals surface area contributed by atoms with Crippen LogP contribution >= 0.6 is 0 Å². The third kappa shape index (κ3) is 6.46. The van der Waals surface area contributed by atoms with Gasteiger partial charge in [-0.15, -0.1) is 0 Å². The SMILES string of the molecule is CCCC(C)(NC(=O)C(CC(C)C)NC(N)=O)C(=O)OC. The van der Waals surface area contributed by atoms with E-state index < -0.39 is 29.5 Å². The highest BCUT2D eigenvalue weighted by Crippen LogP contribution is 2.15. The molecule has 122 valence electrons. The molecule has 0 radical (unpaired) electrons. The molecule has 0 aromatic rings. The molecule has 0 saturated carbocycles. The van der Waals surface area contributed by atoms with Gasteiger partial charge in [-0.1, -0.05) is 27.2 Å². The number of amides is 3. The van der Waals surface area contributed by atoms with Crippen molar-refractivity contribution >= 4 is 17.9 Å². The van der Waals surface area contributed by atoms with Gasteiger partial charge in [0.15, 0.2) is 0 Å². The number of hydrogen-bond acceptors (Lipinski definition) is 4. The molecule has 0 aromatic heterocycles. The van der Waals surface area contributed by atoms with E-state index in [9.17, 15) is 14.4 Å². The van der Waals surface area contributed by atoms with Gasteiger partial charge in [-0.05, 0) is 25.7 Å². The molecular formula is C14H27N3O4. The second kappa shape index (κ2) is 8.49. The van der Waals surface area contributed by atoms with Gasteiger partial charge in [-0.3, -0.25) is 4.79 Å². The van der Waals surface area contributed by atoms with Crippen LogP contribution in [-0.4, -0.2) is 36.6 Å². The fourth-order valence-corrected chi connectivity index (χ4v) is 2.17. The number of rotatable bonds is 8. The maximum absolute atomic E-state index is 12.3. The molecule has 7 nitrogen and oxygen atoms in total. The number of ether oxygens (including phenoxy) is 1. The van der Waals surface area contributed by atoms with Crippen LogP contribution in [0.5, 0.6) is 0 Å². The van der Waals surface area contributed by atoms with E-state index in [-0.39, 0.29) is 5.92 Å². The number of urea groups is 1. The second-order valence-corrected chi connectivity index (χ2v) is 5.75. The van der Waals surface area contributed by atoms with E-state index in [1.54, 1.807) is 6.92 Å². The fraction of sp³-hybridized carbons (Fsp3) is 0.786. The van der Waals surface area contributed by atoms with E-state index in [0.717, 1.165) is 0 Å². The molecule has 0 spiro atoms. The molecule has 0 bridgehead atoms. The molecule has 0 heterocycles. The lowest BCUT2D eigenvalue weighted by molar-refractivity contribution is -0.150. The van der Waals surface area contributed by atoms with Crippen molar-refractivity contribution in [1.82, 2.24) is 10.6 Å². The molecule has 0 aliphatic rings. The lowest BCUT2D eigenvalue weighted by Gasteiger charge is -2.30. The lowest BCUT2D eigenvalue weighted by atomic mass is 9.94. The highest BCUT2D eigenvalue weighted by molar-refractivity contribution is 5.92. The summed E-state index contributed by atoms with van der Waals surface area (Å²) in [5, 5.41) is 5.08. The van der Waals surface area contributed by atoms with Crippen molar-refractivity contribution < 1.29 is 19.1 Å². The third-order valence-corrected chi connectivity index (χ3v) is 3.13. The molecule has 2 unspecified atom stereocenters. The van der Waals surface area contributed by atoms with Crippen molar-refractivity contribution in [2.45, 2.75) is 58.5 Å². The van der Waals surface area contributed by atoms with Crippen LogP contribution in [0.25, 0.3) is 0 Å². The first-order chi connectivity index (χ1) is 9.66. The average molecular weight is 301 g/mol. The molecule has 0 rings (SSSR count). The summed E-state index contributed by atoms with van der Waals surface area (Å²) in [7, 11) is 1.27. The van der Waals surface area contributed by atoms with Crippen molar-refractivity contribution in [1.29, 1.82) is 0 Å². The maximum Gasteiger partial charge on any atom is 0.331 e. The highest BCUT2D eigenvalue weighted by atomic mass is 16.5. The molecule has 21 heavy (non-hydrogen) atoms. The van der Waals surface area contributed by atoms with Crippen LogP contribution in [0.1, 0.15) is 47.0 Å². The second-order valence-electron chi connectivity index (χ2n) is 5.75. The van der Waals surface area contributed by atoms with Crippen LogP contribution in [0.4, 0.5) is 4.79 Å². The Balaban J connectivity index is 5.06. The van der Waals surface area contributed by atoms with E-state index in [1.165, 1.54) is 7.11 Å². The lowest BCUT2D eigenvalue weighted by Crippen LogP contribution is -2.58. The first kappa shape index (κ1) is 19.2. The summed E-state index contributed by atoms with van der Waals surface area (Å²) in [6, 6.07) is -1.55. The van der Waals surface area contributed by atoms with Crippen LogP contribution in [0.3, 0.4) is 0 Å². The zero-order valence-corrected chi connectivity index (χ0v) is 13.5. The Hall–Kier alpha value is -1.79. The van der Waals surface area contributed by atoms with Gasteiger partial charge in [0.1, 0.15) is 11.6 Å². The molecule has 0 saturated heterocycles. The predicted octanol–water partition coefficient (Wildman–Crippen LogP) is 0.917. The third-order valence-electron chi connectivity index (χ3n) is 3.13. The van der Waals surface area contributed by atoms with E-state index in [0.29, 0.717) is 19.3 Å². The van der Waals surface area contributed by atoms with Crippen LogP contribution in [-0.2, 0) is 14.3 Å². The zero-order valence-electron chi connectivity index (χ0n) is 13.5. The van der Waals surface area contributed by atoms with E-state index in [2.05, 4.69) is 10.6 Å². The summed E-state index contributed by atoms with van der Waals surface area (Å²) in [5.41, 5.74) is 3.98. The van der Waals surface area contributed by atoms with Gasteiger partial charge in [0.2, 0.25) is 5.91 Å². The molecular weight excluding hydrogens is 274 g/mol. The van der Waals surface area contributed by atoms with E-state index >= 15 is 0 Å². The van der Waals surface area contributed by atoms with Crippen LogP contribution in [0.2, 0.25) is 0 Å². The minimum Gasteiger partial charge on any atom is -0.467 e. The minimum absolute atomic E-state index is 0.183. The summed E-state index contributed by atoms with van der Waals surface area (Å²) < 4.78 is 4.75. The quantitative estimate of drug-likeness (QED) is 0.579. The smallest absolute Gasteiger partial charge is 0.331 e. The fourth-order valence-electron chi connectivity index (χ4n) is 2.17. The molecule has 0 aromatic carbocycles. The minimum atomic E-state index is -1.12. The first-order valence-electron chi connectivity index (χ1n) is 7.12. The Morgan fingerprint density at radius 3 is 2.24 bits per heavy atom. The van der Waals surface area contributed by atoms with Crippen molar-refractivity contribution in [2.75, 3.05) is 7.11 Å². The number of methoxy groups -OCH3 is 1. The topological polar surface area (TPSA) is 111 Å². The molecule has 0 fully saturated rings. The van der Waals surface area contributed by atoms with Gasteiger partial charge in [0, 0.05) is 0 Å². The maximum atomic E-state index is 12.3. The van der Waals surface area contributed by atoms with Gasteiger partial charge in [-0.2, -0.15) is 0 Å². The normalized spacial score (nSPS) is 15.0. The van der Waals surface area contributed by atoms with Crippen LogP contribution in [0, 0.1) is 5.92 Å². The van der Waals surface area contributed by atoms with E-state index in [1.807, 2.05) is 20.8 Å². The Morgan fingerprint density at radius 1 is 1.29 bits per heavy atom.